The first kappa shape index (κ1) is 22.8. The second kappa shape index (κ2) is 11.5. The van der Waals surface area contributed by atoms with Crippen LogP contribution in [-0.2, 0) is 19.6 Å². The van der Waals surface area contributed by atoms with E-state index in [0.29, 0.717) is 25.9 Å². The zero-order chi connectivity index (χ0) is 26.5. The molecule has 8 nitrogen and oxygen atoms in total. The second-order valence-electron chi connectivity index (χ2n) is 8.41. The molecule has 2 aromatic rings. The fourth-order valence-electron chi connectivity index (χ4n) is 4.42. The predicted octanol–water partition coefficient (Wildman–Crippen LogP) is 1.49. The third kappa shape index (κ3) is 6.56. The van der Waals surface area contributed by atoms with Crippen molar-refractivity contribution in [1.29, 1.82) is 0 Å². The van der Waals surface area contributed by atoms with Crippen LogP contribution in [0.3, 0.4) is 0 Å². The van der Waals surface area contributed by atoms with Gasteiger partial charge in [0.05, 0.1) is 28.6 Å². The summed E-state index contributed by atoms with van der Waals surface area (Å²) in [5.41, 5.74) is 1.22. The van der Waals surface area contributed by atoms with Crippen LogP contribution < -0.4 is 10.6 Å². The summed E-state index contributed by atoms with van der Waals surface area (Å²) in [5.74, 6) is 0.321. The van der Waals surface area contributed by atoms with Crippen molar-refractivity contribution < 1.29 is 20.7 Å². The summed E-state index contributed by atoms with van der Waals surface area (Å²) in [6.07, 6.45) is 7.19. The molecule has 1 aliphatic rings. The van der Waals surface area contributed by atoms with Crippen molar-refractivity contribution in [1.82, 2.24) is 19.8 Å². The van der Waals surface area contributed by atoms with Gasteiger partial charge in [0.15, 0.2) is 0 Å². The molecular weight excluding hydrogens is 452 g/mol. The molecule has 2 N–H and O–H groups in total. The minimum Gasteiger partial charge on any atom is -0.346 e. The fourth-order valence-corrected chi connectivity index (χ4v) is 5.52. The standard InChI is InChI=1S/C25H32N4O4S/c1-4-14-26-24(30)17-27-25(31)18-29(34(3,32)33)21-12-15-28(16-13-21)19(2)22-11-7-9-20-8-5-6-10-23(20)22/h1,5-11,19,21H,12-18H2,2-3H3,(H,26,30)(H,27,31)/t19-/m1/s1/i14D2. The number of benzene rings is 2. The molecule has 34 heavy (non-hydrogen) atoms. The molecule has 2 amide bonds. The number of hydrogen-bond donors (Lipinski definition) is 2. The third-order valence-electron chi connectivity index (χ3n) is 6.17. The Morgan fingerprint density at radius 3 is 2.53 bits per heavy atom. The highest BCUT2D eigenvalue weighted by Gasteiger charge is 2.33. The molecule has 3 rings (SSSR count). The zero-order valence-electron chi connectivity index (χ0n) is 21.5. The molecule has 1 fully saturated rings. The lowest BCUT2D eigenvalue weighted by molar-refractivity contribution is -0.126. The minimum atomic E-state index is -3.68. The van der Waals surface area contributed by atoms with Crippen molar-refractivity contribution in [2.24, 2.45) is 0 Å². The Kier molecular flexibility index (Phi) is 7.71. The summed E-state index contributed by atoms with van der Waals surface area (Å²) in [7, 11) is -3.68. The van der Waals surface area contributed by atoms with Gasteiger partial charge in [-0.2, -0.15) is 4.31 Å². The van der Waals surface area contributed by atoms with E-state index in [1.54, 1.807) is 5.92 Å². The van der Waals surface area contributed by atoms with Crippen LogP contribution in [-0.4, -0.2) is 74.4 Å². The second-order valence-corrected chi connectivity index (χ2v) is 10.3. The van der Waals surface area contributed by atoms with E-state index >= 15 is 0 Å². The van der Waals surface area contributed by atoms with Gasteiger partial charge in [0, 0.05) is 25.2 Å². The maximum absolute atomic E-state index is 12.5. The predicted molar refractivity (Wildman–Crippen MR) is 133 cm³/mol. The molecule has 0 spiro atoms. The van der Waals surface area contributed by atoms with Crippen LogP contribution in [0.25, 0.3) is 10.8 Å². The average Bonchev–Trinajstić information content (AvgIpc) is 2.84. The first-order valence-corrected chi connectivity index (χ1v) is 13.0. The largest absolute Gasteiger partial charge is 0.346 e. The van der Waals surface area contributed by atoms with E-state index in [-0.39, 0.29) is 12.1 Å². The number of nitrogens with zero attached hydrogens (tertiary/aromatic N) is 2. The molecule has 0 saturated carbocycles. The molecular formula is C25H32N4O4S. The van der Waals surface area contributed by atoms with Crippen LogP contribution >= 0.6 is 0 Å². The normalized spacial score (nSPS) is 17.5. The van der Waals surface area contributed by atoms with Crippen LogP contribution in [0.15, 0.2) is 42.5 Å². The minimum absolute atomic E-state index is 0.148. The van der Waals surface area contributed by atoms with Crippen molar-refractivity contribution in [2.45, 2.75) is 31.8 Å². The molecule has 1 heterocycles. The smallest absolute Gasteiger partial charge is 0.240 e. The van der Waals surface area contributed by atoms with Gasteiger partial charge in [0.2, 0.25) is 21.8 Å². The molecule has 9 heteroatoms. The number of rotatable bonds is 9. The van der Waals surface area contributed by atoms with Gasteiger partial charge >= 0.3 is 0 Å². The lowest BCUT2D eigenvalue weighted by Gasteiger charge is -2.39. The Hall–Kier alpha value is -2.93. The maximum atomic E-state index is 12.5. The fraction of sp³-hybridized carbons (Fsp3) is 0.440. The summed E-state index contributed by atoms with van der Waals surface area (Å²) in [6.45, 7) is 0.226. The molecule has 1 atom stereocenters. The van der Waals surface area contributed by atoms with Gasteiger partial charge in [-0.25, -0.2) is 8.42 Å². The van der Waals surface area contributed by atoms with Crippen molar-refractivity contribution in [3.8, 4) is 12.3 Å². The van der Waals surface area contributed by atoms with Gasteiger partial charge in [-0.1, -0.05) is 48.4 Å². The summed E-state index contributed by atoms with van der Waals surface area (Å²) in [6, 6.07) is 14.3. The molecule has 1 saturated heterocycles. The number of piperidine rings is 1. The van der Waals surface area contributed by atoms with Crippen molar-refractivity contribution in [3.63, 3.8) is 0 Å². The van der Waals surface area contributed by atoms with Crippen LogP contribution in [0.4, 0.5) is 0 Å². The van der Waals surface area contributed by atoms with Gasteiger partial charge < -0.3 is 10.6 Å². The van der Waals surface area contributed by atoms with Crippen molar-refractivity contribution in [3.05, 3.63) is 48.0 Å². The van der Waals surface area contributed by atoms with Crippen LogP contribution in [0.1, 0.15) is 34.1 Å². The van der Waals surface area contributed by atoms with Crippen molar-refractivity contribution in [2.75, 3.05) is 38.9 Å². The van der Waals surface area contributed by atoms with Crippen LogP contribution in [0.2, 0.25) is 0 Å². The van der Waals surface area contributed by atoms with E-state index in [4.69, 9.17) is 9.16 Å². The quantitative estimate of drug-likeness (QED) is 0.524. The van der Waals surface area contributed by atoms with Gasteiger partial charge in [-0.05, 0) is 36.1 Å². The first-order chi connectivity index (χ1) is 16.9. The van der Waals surface area contributed by atoms with E-state index in [2.05, 4.69) is 41.4 Å². The number of carbonyl (C=O) groups excluding carboxylic acids is 2. The van der Waals surface area contributed by atoms with E-state index < -0.39 is 41.4 Å². The molecule has 0 unspecified atom stereocenters. The summed E-state index contributed by atoms with van der Waals surface area (Å²) < 4.78 is 40.9. The number of hydrogen-bond acceptors (Lipinski definition) is 5. The summed E-state index contributed by atoms with van der Waals surface area (Å²) in [5, 5.41) is 6.66. The van der Waals surface area contributed by atoms with Gasteiger partial charge in [-0.3, -0.25) is 14.5 Å². The number of sulfonamides is 1. The van der Waals surface area contributed by atoms with E-state index in [0.717, 1.165) is 6.26 Å². The van der Waals surface area contributed by atoms with E-state index in [1.165, 1.54) is 20.6 Å². The summed E-state index contributed by atoms with van der Waals surface area (Å²) in [4.78, 5) is 26.6. The van der Waals surface area contributed by atoms with Gasteiger partial charge in [-0.15, -0.1) is 6.42 Å². The average molecular weight is 487 g/mol. The lowest BCUT2D eigenvalue weighted by atomic mass is 9.96. The highest BCUT2D eigenvalue weighted by Crippen LogP contribution is 2.31. The van der Waals surface area contributed by atoms with Gasteiger partial charge in [0.25, 0.3) is 0 Å². The molecule has 182 valence electrons. The molecule has 1 aliphatic heterocycles. The Balaban J connectivity index is 1.60. The Labute approximate surface area is 204 Å². The Morgan fingerprint density at radius 2 is 1.85 bits per heavy atom. The molecule has 2 aromatic carbocycles. The molecule has 0 aromatic heterocycles. The summed E-state index contributed by atoms with van der Waals surface area (Å²) >= 11 is 0. The molecule has 0 bridgehead atoms. The highest BCUT2D eigenvalue weighted by molar-refractivity contribution is 7.88. The lowest BCUT2D eigenvalue weighted by Crippen LogP contribution is -2.51. The molecule has 0 radical (unpaired) electrons. The highest BCUT2D eigenvalue weighted by atomic mass is 32.2. The number of nitrogens with one attached hydrogen (secondary N) is 2. The number of terminal acetylenes is 1. The van der Waals surface area contributed by atoms with E-state index in [1.807, 2.05) is 23.5 Å². The Bertz CT molecular complexity index is 1250. The maximum Gasteiger partial charge on any atom is 0.240 e. The monoisotopic (exact) mass is 486 g/mol. The number of fused-ring (bicyclic) bond motifs is 1. The molecule has 0 aliphatic carbocycles. The zero-order valence-corrected chi connectivity index (χ0v) is 20.3. The SMILES string of the molecule is [2H]C([2H])(C#C)NC(=O)CNC(=O)CN(C1CCN([C@H](C)c2cccc3ccccc23)CC1)S(C)(=O)=O. The number of likely N-dealkylation sites (tertiary alicyclic amines) is 1. The number of amides is 2. The van der Waals surface area contributed by atoms with E-state index in [9.17, 15) is 18.0 Å². The van der Waals surface area contributed by atoms with Crippen LogP contribution in [0.5, 0.6) is 0 Å². The van der Waals surface area contributed by atoms with Crippen LogP contribution in [0, 0.1) is 12.3 Å². The third-order valence-corrected chi connectivity index (χ3v) is 7.45. The number of carbonyl (C=O) groups is 2. The van der Waals surface area contributed by atoms with Gasteiger partial charge in [0.1, 0.15) is 0 Å². The first-order valence-electron chi connectivity index (χ1n) is 12.2. The Morgan fingerprint density at radius 1 is 1.18 bits per heavy atom. The van der Waals surface area contributed by atoms with Crippen molar-refractivity contribution >= 4 is 32.6 Å². The topological polar surface area (TPSA) is 98.8 Å².